The molecule has 0 unspecified atom stereocenters. The van der Waals surface area contributed by atoms with Crippen LogP contribution >= 0.6 is 0 Å². The minimum atomic E-state index is 0.291. The summed E-state index contributed by atoms with van der Waals surface area (Å²) in [6, 6.07) is 2.39. The van der Waals surface area contributed by atoms with Gasteiger partial charge in [-0.3, -0.25) is 0 Å². The molecule has 0 amide bonds. The molecule has 1 N–H and O–H groups in total. The number of nitrogens with one attached hydrogen (secondary N) is 1. The van der Waals surface area contributed by atoms with Crippen molar-refractivity contribution in [2.45, 2.75) is 33.7 Å². The summed E-state index contributed by atoms with van der Waals surface area (Å²) < 4.78 is 7.40. The molecule has 0 aliphatic heterocycles. The van der Waals surface area contributed by atoms with Crippen molar-refractivity contribution in [2.24, 2.45) is 0 Å². The number of fused-ring (bicyclic) bond motifs is 1. The maximum atomic E-state index is 5.25. The van der Waals surface area contributed by atoms with Gasteiger partial charge in [-0.15, -0.1) is 0 Å². The Kier molecular flexibility index (Phi) is 3.16. The van der Waals surface area contributed by atoms with Crippen LogP contribution in [0, 0.1) is 13.8 Å². The van der Waals surface area contributed by atoms with E-state index in [-0.39, 0.29) is 0 Å². The van der Waals surface area contributed by atoms with Crippen LogP contribution in [0.1, 0.15) is 31.3 Å². The van der Waals surface area contributed by atoms with Crippen molar-refractivity contribution in [3.8, 4) is 11.1 Å². The van der Waals surface area contributed by atoms with E-state index in [0.29, 0.717) is 6.04 Å². The van der Waals surface area contributed by atoms with Gasteiger partial charge in [-0.25, -0.2) is 4.98 Å². The van der Waals surface area contributed by atoms with Crippen molar-refractivity contribution in [2.75, 3.05) is 12.4 Å². The van der Waals surface area contributed by atoms with E-state index >= 15 is 0 Å². The molecule has 21 heavy (non-hydrogen) atoms. The maximum absolute atomic E-state index is 5.25. The van der Waals surface area contributed by atoms with Crippen LogP contribution in [0.3, 0.4) is 0 Å². The molecule has 0 saturated heterocycles. The molecule has 0 saturated carbocycles. The Morgan fingerprint density at radius 3 is 2.62 bits per heavy atom. The molecule has 3 heterocycles. The van der Waals surface area contributed by atoms with E-state index in [9.17, 15) is 0 Å². The van der Waals surface area contributed by atoms with Crippen molar-refractivity contribution in [3.05, 3.63) is 23.7 Å². The number of aromatic nitrogens is 4. The van der Waals surface area contributed by atoms with Gasteiger partial charge in [0.1, 0.15) is 5.76 Å². The van der Waals surface area contributed by atoms with Gasteiger partial charge in [0.25, 0.3) is 0 Å². The molecule has 0 atom stereocenters. The summed E-state index contributed by atoms with van der Waals surface area (Å²) in [7, 11) is 1.87. The van der Waals surface area contributed by atoms with E-state index in [1.54, 1.807) is 0 Å². The fourth-order valence-corrected chi connectivity index (χ4v) is 2.71. The zero-order valence-electron chi connectivity index (χ0n) is 12.9. The molecule has 0 spiro atoms. The molecule has 0 bridgehead atoms. The minimum absolute atomic E-state index is 0.291. The second-order valence-electron chi connectivity index (χ2n) is 5.42. The highest BCUT2D eigenvalue weighted by atomic mass is 16.5. The number of hydrogen-bond donors (Lipinski definition) is 1. The molecular formula is C15H19N5O. The first-order valence-corrected chi connectivity index (χ1v) is 7.02. The van der Waals surface area contributed by atoms with E-state index in [0.717, 1.165) is 39.7 Å². The molecule has 3 aromatic rings. The fraction of sp³-hybridized carbons (Fsp3) is 0.400. The van der Waals surface area contributed by atoms with Crippen molar-refractivity contribution in [1.29, 1.82) is 0 Å². The molecule has 0 aliphatic rings. The van der Waals surface area contributed by atoms with Crippen LogP contribution in [0.2, 0.25) is 0 Å². The third-order valence-electron chi connectivity index (χ3n) is 3.61. The van der Waals surface area contributed by atoms with Crippen LogP contribution in [-0.4, -0.2) is 26.7 Å². The molecule has 6 nitrogen and oxygen atoms in total. The van der Waals surface area contributed by atoms with E-state index < -0.39 is 0 Å². The van der Waals surface area contributed by atoms with Gasteiger partial charge >= 0.3 is 0 Å². The standard InChI is InChI=1S/C15H19N5O/c1-8(2)20-12-6-11(13-9(3)19-21-10(13)4)7-17-14(12)18-15(20)16-5/h6-8H,1-5H3,(H,16,17,18). The summed E-state index contributed by atoms with van der Waals surface area (Å²) in [4.78, 5) is 9.01. The second kappa shape index (κ2) is 4.87. The lowest BCUT2D eigenvalue weighted by Crippen LogP contribution is -2.05. The molecule has 110 valence electrons. The van der Waals surface area contributed by atoms with Crippen molar-refractivity contribution < 1.29 is 4.52 Å². The first-order chi connectivity index (χ1) is 10.0. The second-order valence-corrected chi connectivity index (χ2v) is 5.42. The fourth-order valence-electron chi connectivity index (χ4n) is 2.71. The van der Waals surface area contributed by atoms with Crippen molar-refractivity contribution in [1.82, 2.24) is 19.7 Å². The number of hydrogen-bond acceptors (Lipinski definition) is 5. The Morgan fingerprint density at radius 1 is 1.29 bits per heavy atom. The van der Waals surface area contributed by atoms with Gasteiger partial charge in [0.15, 0.2) is 5.65 Å². The molecule has 0 aromatic carbocycles. The minimum Gasteiger partial charge on any atom is -0.361 e. The summed E-state index contributed by atoms with van der Waals surface area (Å²) in [6.07, 6.45) is 1.83. The lowest BCUT2D eigenvalue weighted by molar-refractivity contribution is 0.393. The number of aryl methyl sites for hydroxylation is 2. The van der Waals surface area contributed by atoms with Gasteiger partial charge in [0.05, 0.1) is 11.2 Å². The van der Waals surface area contributed by atoms with Gasteiger partial charge in [-0.1, -0.05) is 5.16 Å². The molecule has 3 aromatic heterocycles. The molecule has 3 rings (SSSR count). The Morgan fingerprint density at radius 2 is 2.05 bits per heavy atom. The average molecular weight is 285 g/mol. The van der Waals surface area contributed by atoms with E-state index in [1.807, 2.05) is 27.1 Å². The van der Waals surface area contributed by atoms with Crippen LogP contribution in [0.15, 0.2) is 16.8 Å². The van der Waals surface area contributed by atoms with Gasteiger partial charge in [-0.05, 0) is 33.8 Å². The van der Waals surface area contributed by atoms with Crippen LogP contribution in [-0.2, 0) is 0 Å². The maximum Gasteiger partial charge on any atom is 0.205 e. The summed E-state index contributed by atoms with van der Waals surface area (Å²) in [5.74, 6) is 1.63. The lowest BCUT2D eigenvalue weighted by atomic mass is 10.1. The summed E-state index contributed by atoms with van der Waals surface area (Å²) in [6.45, 7) is 8.11. The summed E-state index contributed by atoms with van der Waals surface area (Å²) >= 11 is 0. The van der Waals surface area contributed by atoms with Gasteiger partial charge in [0.2, 0.25) is 5.95 Å². The number of imidazole rings is 1. The topological polar surface area (TPSA) is 68.8 Å². The van der Waals surface area contributed by atoms with E-state index in [4.69, 9.17) is 4.52 Å². The highest BCUT2D eigenvalue weighted by molar-refractivity contribution is 5.81. The third kappa shape index (κ3) is 2.07. The first kappa shape index (κ1) is 13.6. The largest absolute Gasteiger partial charge is 0.361 e. The van der Waals surface area contributed by atoms with Crippen molar-refractivity contribution in [3.63, 3.8) is 0 Å². The zero-order valence-corrected chi connectivity index (χ0v) is 12.9. The molecule has 0 aliphatic carbocycles. The molecule has 0 radical (unpaired) electrons. The monoisotopic (exact) mass is 285 g/mol. The third-order valence-corrected chi connectivity index (χ3v) is 3.61. The Labute approximate surface area is 123 Å². The highest BCUT2D eigenvalue weighted by Gasteiger charge is 2.17. The SMILES string of the molecule is CNc1nc2ncc(-c3c(C)noc3C)cc2n1C(C)C. The first-order valence-electron chi connectivity index (χ1n) is 7.02. The predicted octanol–water partition coefficient (Wildman–Crippen LogP) is 3.33. The lowest BCUT2D eigenvalue weighted by Gasteiger charge is -2.12. The predicted molar refractivity (Wildman–Crippen MR) is 82.4 cm³/mol. The molecule has 6 heteroatoms. The average Bonchev–Trinajstić information content (AvgIpc) is 2.98. The van der Waals surface area contributed by atoms with Crippen LogP contribution in [0.25, 0.3) is 22.3 Å². The van der Waals surface area contributed by atoms with Gasteiger partial charge in [-0.2, -0.15) is 4.98 Å². The Hall–Kier alpha value is -2.37. The summed E-state index contributed by atoms with van der Waals surface area (Å²) in [5.41, 5.74) is 4.63. The Balaban J connectivity index is 2.27. The summed E-state index contributed by atoms with van der Waals surface area (Å²) in [5, 5.41) is 7.14. The quantitative estimate of drug-likeness (QED) is 0.799. The van der Waals surface area contributed by atoms with Crippen LogP contribution in [0.5, 0.6) is 0 Å². The van der Waals surface area contributed by atoms with Gasteiger partial charge in [0, 0.05) is 30.4 Å². The van der Waals surface area contributed by atoms with E-state index in [2.05, 4.69) is 44.9 Å². The van der Waals surface area contributed by atoms with Gasteiger partial charge < -0.3 is 14.4 Å². The van der Waals surface area contributed by atoms with Crippen LogP contribution in [0.4, 0.5) is 5.95 Å². The van der Waals surface area contributed by atoms with Crippen molar-refractivity contribution >= 4 is 17.1 Å². The van der Waals surface area contributed by atoms with Crippen LogP contribution < -0.4 is 5.32 Å². The number of nitrogens with zero attached hydrogens (tertiary/aromatic N) is 4. The molecule has 0 fully saturated rings. The smallest absolute Gasteiger partial charge is 0.205 e. The number of rotatable bonds is 3. The number of anilines is 1. The highest BCUT2D eigenvalue weighted by Crippen LogP contribution is 2.30. The Bertz CT molecular complexity index is 780. The normalized spacial score (nSPS) is 11.5. The zero-order chi connectivity index (χ0) is 15.1. The number of pyridine rings is 1. The van der Waals surface area contributed by atoms with E-state index in [1.165, 1.54) is 0 Å². The molecular weight excluding hydrogens is 266 g/mol.